The van der Waals surface area contributed by atoms with E-state index in [0.717, 1.165) is 5.56 Å². The van der Waals surface area contributed by atoms with E-state index < -0.39 is 0 Å². The minimum absolute atomic E-state index is 0.0188. The number of amides is 2. The molecule has 0 atom stereocenters. The normalized spacial score (nSPS) is 11.1. The zero-order valence-electron chi connectivity index (χ0n) is 20.9. The predicted octanol–water partition coefficient (Wildman–Crippen LogP) is 6.91. The predicted molar refractivity (Wildman–Crippen MR) is 153 cm³/mol. The molecular weight excluding hydrogens is 538 g/mol. The molecule has 0 aliphatic heterocycles. The van der Waals surface area contributed by atoms with Crippen molar-refractivity contribution in [2.75, 3.05) is 10.6 Å². The lowest BCUT2D eigenvalue weighted by atomic mass is 9.87. The molecule has 0 bridgehead atoms. The lowest BCUT2D eigenvalue weighted by Gasteiger charge is -2.19. The third-order valence-electron chi connectivity index (χ3n) is 5.18. The van der Waals surface area contributed by atoms with Crippen molar-refractivity contribution >= 4 is 56.4 Å². The highest BCUT2D eigenvalue weighted by Crippen LogP contribution is 2.27. The number of carbonyl (C=O) groups is 2. The number of benzene rings is 3. The van der Waals surface area contributed by atoms with Gasteiger partial charge < -0.3 is 15.4 Å². The molecule has 6 nitrogen and oxygen atoms in total. The molecule has 36 heavy (non-hydrogen) atoms. The number of anilines is 2. The Morgan fingerprint density at radius 3 is 2.06 bits per heavy atom. The van der Waals surface area contributed by atoms with Gasteiger partial charge in [0.1, 0.15) is 5.75 Å². The van der Waals surface area contributed by atoms with E-state index in [2.05, 4.69) is 52.7 Å². The second-order valence-corrected chi connectivity index (χ2v) is 10.8. The molecule has 3 N–H and O–H groups in total. The molecule has 3 aromatic carbocycles. The van der Waals surface area contributed by atoms with Crippen molar-refractivity contribution in [3.8, 4) is 5.75 Å². The van der Waals surface area contributed by atoms with Gasteiger partial charge in [-0.1, -0.05) is 39.0 Å². The zero-order valence-corrected chi connectivity index (χ0v) is 23.3. The molecule has 3 aromatic rings. The summed E-state index contributed by atoms with van der Waals surface area (Å²) in [5.74, 6) is 0.0951. The van der Waals surface area contributed by atoms with Gasteiger partial charge in [0, 0.05) is 22.5 Å². The monoisotopic (exact) mass is 567 g/mol. The van der Waals surface area contributed by atoms with Gasteiger partial charge in [0.15, 0.2) is 5.11 Å². The second-order valence-electron chi connectivity index (χ2n) is 9.58. The molecule has 0 saturated carbocycles. The Balaban J connectivity index is 1.60. The number of nitrogens with one attached hydrogen (secondary N) is 3. The molecule has 0 unspecified atom stereocenters. The number of hydrogen-bond donors (Lipinski definition) is 3. The molecule has 0 heterocycles. The Morgan fingerprint density at radius 2 is 1.47 bits per heavy atom. The SMILES string of the molecule is CC(C)Oc1ccc(C(=O)NC(=S)Nc2cccc(NC(=O)c3ccc(C(C)(C)C)cc3)c2)cc1Br. The van der Waals surface area contributed by atoms with Crippen LogP contribution in [0, 0.1) is 0 Å². The largest absolute Gasteiger partial charge is 0.490 e. The van der Waals surface area contributed by atoms with Crippen molar-refractivity contribution in [1.29, 1.82) is 0 Å². The highest BCUT2D eigenvalue weighted by Gasteiger charge is 2.15. The number of halogens is 1. The van der Waals surface area contributed by atoms with Crippen molar-refractivity contribution in [1.82, 2.24) is 5.32 Å². The van der Waals surface area contributed by atoms with Crippen LogP contribution in [0.15, 0.2) is 71.2 Å². The highest BCUT2D eigenvalue weighted by atomic mass is 79.9. The van der Waals surface area contributed by atoms with Gasteiger partial charge in [0.25, 0.3) is 11.8 Å². The topological polar surface area (TPSA) is 79.5 Å². The molecule has 0 aliphatic carbocycles. The number of ether oxygens (including phenoxy) is 1. The van der Waals surface area contributed by atoms with E-state index >= 15 is 0 Å². The van der Waals surface area contributed by atoms with Crippen LogP contribution in [0.4, 0.5) is 11.4 Å². The summed E-state index contributed by atoms with van der Waals surface area (Å²) in [6.45, 7) is 10.3. The maximum atomic E-state index is 12.7. The molecule has 0 spiro atoms. The lowest BCUT2D eigenvalue weighted by Crippen LogP contribution is -2.34. The number of thiocarbonyl (C=S) groups is 1. The van der Waals surface area contributed by atoms with Crippen LogP contribution in [-0.2, 0) is 5.41 Å². The summed E-state index contributed by atoms with van der Waals surface area (Å²) in [4.78, 5) is 25.3. The first-order valence-corrected chi connectivity index (χ1v) is 12.7. The molecule has 0 radical (unpaired) electrons. The third kappa shape index (κ3) is 7.63. The van der Waals surface area contributed by atoms with Crippen LogP contribution >= 0.6 is 28.1 Å². The van der Waals surface area contributed by atoms with Crippen molar-refractivity contribution in [3.63, 3.8) is 0 Å². The maximum absolute atomic E-state index is 12.7. The van der Waals surface area contributed by atoms with Gasteiger partial charge in [-0.05, 0) is 102 Å². The standard InChI is InChI=1S/C28H30BrN3O3S/c1-17(2)35-24-14-11-19(15-23(24)29)26(34)32-27(36)31-22-8-6-7-21(16-22)30-25(33)18-9-12-20(13-10-18)28(3,4)5/h6-17H,1-5H3,(H,30,33)(H2,31,32,34,36). The summed E-state index contributed by atoms with van der Waals surface area (Å²) in [5.41, 5.74) is 3.41. The summed E-state index contributed by atoms with van der Waals surface area (Å²) < 4.78 is 6.36. The van der Waals surface area contributed by atoms with Crippen LogP contribution in [0.25, 0.3) is 0 Å². The summed E-state index contributed by atoms with van der Waals surface area (Å²) in [7, 11) is 0. The van der Waals surface area contributed by atoms with Crippen LogP contribution in [-0.4, -0.2) is 23.0 Å². The molecular formula is C28H30BrN3O3S. The molecule has 188 valence electrons. The Bertz CT molecular complexity index is 1270. The van der Waals surface area contributed by atoms with Crippen molar-refractivity contribution in [2.24, 2.45) is 0 Å². The summed E-state index contributed by atoms with van der Waals surface area (Å²) >= 11 is 8.74. The van der Waals surface area contributed by atoms with Crippen LogP contribution < -0.4 is 20.7 Å². The minimum Gasteiger partial charge on any atom is -0.490 e. The van der Waals surface area contributed by atoms with Gasteiger partial charge in [-0.3, -0.25) is 14.9 Å². The van der Waals surface area contributed by atoms with E-state index in [9.17, 15) is 9.59 Å². The van der Waals surface area contributed by atoms with Crippen LogP contribution in [0.5, 0.6) is 5.75 Å². The van der Waals surface area contributed by atoms with Crippen LogP contribution in [0.2, 0.25) is 0 Å². The molecule has 0 fully saturated rings. The first-order chi connectivity index (χ1) is 16.9. The van der Waals surface area contributed by atoms with Gasteiger partial charge in [-0.15, -0.1) is 0 Å². The Morgan fingerprint density at radius 1 is 0.861 bits per heavy atom. The van der Waals surface area contributed by atoms with E-state index in [4.69, 9.17) is 17.0 Å². The second kappa shape index (κ2) is 11.7. The Kier molecular flexibility index (Phi) is 8.87. The average molecular weight is 569 g/mol. The Labute approximate surface area is 226 Å². The number of carbonyl (C=O) groups excluding carboxylic acids is 2. The zero-order chi connectivity index (χ0) is 26.5. The molecule has 3 rings (SSSR count). The first kappa shape index (κ1) is 27.4. The average Bonchev–Trinajstić information content (AvgIpc) is 2.79. The van der Waals surface area contributed by atoms with E-state index in [1.807, 2.05) is 38.1 Å². The van der Waals surface area contributed by atoms with Gasteiger partial charge >= 0.3 is 0 Å². The summed E-state index contributed by atoms with van der Waals surface area (Å²) in [6, 6.07) is 19.8. The van der Waals surface area contributed by atoms with E-state index in [-0.39, 0.29) is 28.4 Å². The van der Waals surface area contributed by atoms with Crippen molar-refractivity contribution in [2.45, 2.75) is 46.1 Å². The summed E-state index contributed by atoms with van der Waals surface area (Å²) in [6.07, 6.45) is 0.0207. The van der Waals surface area contributed by atoms with E-state index in [1.54, 1.807) is 42.5 Å². The fourth-order valence-corrected chi connectivity index (χ4v) is 4.01. The summed E-state index contributed by atoms with van der Waals surface area (Å²) in [5, 5.41) is 8.69. The van der Waals surface area contributed by atoms with Gasteiger partial charge in [-0.25, -0.2) is 0 Å². The molecule has 0 saturated heterocycles. The highest BCUT2D eigenvalue weighted by molar-refractivity contribution is 9.10. The van der Waals surface area contributed by atoms with Gasteiger partial charge in [-0.2, -0.15) is 0 Å². The molecule has 0 aliphatic rings. The van der Waals surface area contributed by atoms with E-state index in [0.29, 0.717) is 32.7 Å². The van der Waals surface area contributed by atoms with Crippen molar-refractivity contribution < 1.29 is 14.3 Å². The quantitative estimate of drug-likeness (QED) is 0.282. The number of hydrogen-bond acceptors (Lipinski definition) is 4. The van der Waals surface area contributed by atoms with Crippen LogP contribution in [0.1, 0.15) is 60.9 Å². The smallest absolute Gasteiger partial charge is 0.257 e. The minimum atomic E-state index is -0.354. The maximum Gasteiger partial charge on any atom is 0.257 e. The van der Waals surface area contributed by atoms with Gasteiger partial charge in [0.05, 0.1) is 10.6 Å². The fourth-order valence-electron chi connectivity index (χ4n) is 3.33. The third-order valence-corrected chi connectivity index (χ3v) is 6.00. The van der Waals surface area contributed by atoms with Crippen molar-refractivity contribution in [3.05, 3.63) is 87.9 Å². The molecule has 8 heteroatoms. The van der Waals surface area contributed by atoms with Gasteiger partial charge in [0.2, 0.25) is 0 Å². The fraction of sp³-hybridized carbons (Fsp3) is 0.250. The van der Waals surface area contributed by atoms with E-state index in [1.165, 1.54) is 0 Å². The first-order valence-electron chi connectivity index (χ1n) is 11.5. The lowest BCUT2D eigenvalue weighted by molar-refractivity contribution is 0.0976. The number of rotatable bonds is 6. The van der Waals surface area contributed by atoms with Crippen LogP contribution in [0.3, 0.4) is 0 Å². The molecule has 2 amide bonds. The molecule has 0 aromatic heterocycles. The Hall–Kier alpha value is -3.23.